The van der Waals surface area contributed by atoms with Gasteiger partial charge in [0.1, 0.15) is 5.65 Å². The Morgan fingerprint density at radius 3 is 2.00 bits per heavy atom. The first-order valence-electron chi connectivity index (χ1n) is 14.5. The predicted octanol–water partition coefficient (Wildman–Crippen LogP) is 10.6. The SMILES string of the molecule is C=C/C=C(\N=C(C)CC)c1c(-c2ccc(C)cc2)nc2cc(CC)ccn12.CC.CC.CCc1ccccc1. The Bertz CT molecular complexity index is 1310. The molecule has 0 atom stereocenters. The van der Waals surface area contributed by atoms with Crippen molar-refractivity contribution in [3.05, 3.63) is 114 Å². The molecule has 0 amide bonds. The molecule has 4 aromatic rings. The van der Waals surface area contributed by atoms with Crippen molar-refractivity contribution in [1.82, 2.24) is 9.38 Å². The third-order valence-corrected chi connectivity index (χ3v) is 6.02. The van der Waals surface area contributed by atoms with Crippen molar-refractivity contribution in [2.45, 2.75) is 81.6 Å². The molecule has 2 aromatic carbocycles. The van der Waals surface area contributed by atoms with Crippen molar-refractivity contribution in [2.75, 3.05) is 0 Å². The van der Waals surface area contributed by atoms with Gasteiger partial charge in [-0.25, -0.2) is 4.98 Å². The zero-order chi connectivity index (χ0) is 29.2. The standard InChI is InChI=1S/C24H27N3.C8H10.2C2H6/c1-6-9-21(25-18(5)7-2)24-23(20-12-10-17(4)11-13-20)26-22-16-19(8-3)14-15-27(22)24;1-2-8-6-4-3-5-7-8;2*1-2/h6,9-16H,1,7-8H2,2-5H3;3-7H,2H2,1H3;2*1-2H3/b21-9-,25-18?;;;. The summed E-state index contributed by atoms with van der Waals surface area (Å²) in [6.45, 7) is 22.5. The van der Waals surface area contributed by atoms with Crippen LogP contribution in [0.3, 0.4) is 0 Å². The van der Waals surface area contributed by atoms with Gasteiger partial charge in [-0.05, 0) is 62.4 Å². The van der Waals surface area contributed by atoms with Crippen molar-refractivity contribution < 1.29 is 0 Å². The van der Waals surface area contributed by atoms with Gasteiger partial charge in [-0.2, -0.15) is 0 Å². The number of pyridine rings is 1. The van der Waals surface area contributed by atoms with E-state index < -0.39 is 0 Å². The Morgan fingerprint density at radius 2 is 1.49 bits per heavy atom. The number of aliphatic imine (C=N–C) groups is 1. The highest BCUT2D eigenvalue weighted by Gasteiger charge is 2.18. The number of imidazole rings is 1. The Kier molecular flexibility index (Phi) is 15.8. The smallest absolute Gasteiger partial charge is 0.138 e. The molecule has 39 heavy (non-hydrogen) atoms. The fourth-order valence-corrected chi connectivity index (χ4v) is 3.74. The van der Waals surface area contributed by atoms with Crippen molar-refractivity contribution >= 4 is 17.1 Å². The van der Waals surface area contributed by atoms with Crippen LogP contribution in [0.15, 0.2) is 96.7 Å². The first-order valence-corrected chi connectivity index (χ1v) is 14.5. The van der Waals surface area contributed by atoms with Gasteiger partial charge in [-0.15, -0.1) is 0 Å². The maximum absolute atomic E-state index is 4.98. The van der Waals surface area contributed by atoms with Crippen LogP contribution >= 0.6 is 0 Å². The Morgan fingerprint density at radius 1 is 0.872 bits per heavy atom. The fraction of sp³-hybridized carbons (Fsp3) is 0.333. The molecule has 3 nitrogen and oxygen atoms in total. The van der Waals surface area contributed by atoms with Crippen molar-refractivity contribution in [3.8, 4) is 11.3 Å². The fourth-order valence-electron chi connectivity index (χ4n) is 3.74. The molecular weight excluding hydrogens is 474 g/mol. The number of hydrogen-bond donors (Lipinski definition) is 0. The maximum atomic E-state index is 4.98. The second-order valence-corrected chi connectivity index (χ2v) is 8.62. The average molecular weight is 524 g/mol. The molecule has 0 aliphatic heterocycles. The lowest BCUT2D eigenvalue weighted by Crippen LogP contribution is -1.97. The van der Waals surface area contributed by atoms with E-state index in [4.69, 9.17) is 9.98 Å². The number of allylic oxidation sites excluding steroid dienone is 2. The summed E-state index contributed by atoms with van der Waals surface area (Å²) in [4.78, 5) is 9.85. The van der Waals surface area contributed by atoms with E-state index >= 15 is 0 Å². The van der Waals surface area contributed by atoms with Gasteiger partial charge in [0.2, 0.25) is 0 Å². The van der Waals surface area contributed by atoms with Crippen molar-refractivity contribution in [1.29, 1.82) is 0 Å². The summed E-state index contributed by atoms with van der Waals surface area (Å²) in [7, 11) is 0. The molecule has 0 unspecified atom stereocenters. The van der Waals surface area contributed by atoms with Crippen LogP contribution in [0.5, 0.6) is 0 Å². The van der Waals surface area contributed by atoms with E-state index in [9.17, 15) is 0 Å². The molecule has 208 valence electrons. The van der Waals surface area contributed by atoms with E-state index in [0.717, 1.165) is 53.3 Å². The summed E-state index contributed by atoms with van der Waals surface area (Å²) in [6, 6.07) is 23.3. The number of rotatable bonds is 7. The monoisotopic (exact) mass is 523 g/mol. The molecule has 2 aromatic heterocycles. The molecule has 2 heterocycles. The Hall–Kier alpha value is -3.72. The number of hydrogen-bond acceptors (Lipinski definition) is 2. The molecule has 0 saturated carbocycles. The third kappa shape index (κ3) is 9.83. The molecule has 0 fully saturated rings. The van der Waals surface area contributed by atoms with E-state index in [1.165, 1.54) is 16.7 Å². The van der Waals surface area contributed by atoms with Crippen LogP contribution < -0.4 is 0 Å². The molecule has 0 radical (unpaired) electrons. The Labute approximate surface area is 238 Å². The summed E-state index contributed by atoms with van der Waals surface area (Å²) in [5, 5.41) is 0. The van der Waals surface area contributed by atoms with Crippen LogP contribution in [0.25, 0.3) is 22.6 Å². The molecular formula is C36H49N3. The van der Waals surface area contributed by atoms with E-state index in [-0.39, 0.29) is 0 Å². The van der Waals surface area contributed by atoms with Gasteiger partial charge in [0, 0.05) is 17.5 Å². The van der Waals surface area contributed by atoms with Crippen LogP contribution in [0.1, 0.15) is 84.2 Å². The van der Waals surface area contributed by atoms with Crippen LogP contribution in [0.2, 0.25) is 0 Å². The minimum atomic E-state index is 0.886. The van der Waals surface area contributed by atoms with Crippen molar-refractivity contribution in [3.63, 3.8) is 0 Å². The molecule has 0 spiro atoms. The molecule has 3 heteroatoms. The second-order valence-electron chi connectivity index (χ2n) is 8.62. The maximum Gasteiger partial charge on any atom is 0.138 e. The largest absolute Gasteiger partial charge is 0.298 e. The van der Waals surface area contributed by atoms with E-state index in [1.807, 2.05) is 39.8 Å². The lowest BCUT2D eigenvalue weighted by Gasteiger charge is -2.08. The van der Waals surface area contributed by atoms with Gasteiger partial charge in [0.25, 0.3) is 0 Å². The average Bonchev–Trinajstić information content (AvgIpc) is 3.38. The number of fused-ring (bicyclic) bond motifs is 1. The van der Waals surface area contributed by atoms with Gasteiger partial charge < -0.3 is 0 Å². The molecule has 0 aliphatic rings. The number of benzene rings is 2. The predicted molar refractivity (Wildman–Crippen MR) is 175 cm³/mol. The summed E-state index contributed by atoms with van der Waals surface area (Å²) >= 11 is 0. The topological polar surface area (TPSA) is 29.7 Å². The molecule has 0 saturated heterocycles. The van der Waals surface area contributed by atoms with Crippen LogP contribution in [-0.4, -0.2) is 15.1 Å². The molecule has 4 rings (SSSR count). The minimum absolute atomic E-state index is 0.886. The van der Waals surface area contributed by atoms with Crippen LogP contribution in [-0.2, 0) is 12.8 Å². The van der Waals surface area contributed by atoms with E-state index in [2.05, 4.69) is 112 Å². The summed E-state index contributed by atoms with van der Waals surface area (Å²) < 4.78 is 2.14. The van der Waals surface area contributed by atoms with Gasteiger partial charge in [-0.3, -0.25) is 9.39 Å². The Balaban J connectivity index is 0.000000532. The molecule has 0 N–H and O–H groups in total. The lowest BCUT2D eigenvalue weighted by molar-refractivity contribution is 1.08. The normalized spacial score (nSPS) is 10.9. The summed E-state index contributed by atoms with van der Waals surface area (Å²) in [5.41, 5.74) is 9.88. The van der Waals surface area contributed by atoms with E-state index in [0.29, 0.717) is 0 Å². The molecule has 0 bridgehead atoms. The first-order chi connectivity index (χ1) is 19.0. The number of aryl methyl sites for hydroxylation is 3. The van der Waals surface area contributed by atoms with Crippen LogP contribution in [0, 0.1) is 6.92 Å². The van der Waals surface area contributed by atoms with Gasteiger partial charge in [-0.1, -0.05) is 121 Å². The third-order valence-electron chi connectivity index (χ3n) is 6.02. The zero-order valence-electron chi connectivity index (χ0n) is 25.8. The molecule has 0 aliphatic carbocycles. The summed E-state index contributed by atoms with van der Waals surface area (Å²) in [5.74, 6) is 0. The highest BCUT2D eigenvalue weighted by Crippen LogP contribution is 2.31. The minimum Gasteiger partial charge on any atom is -0.298 e. The zero-order valence-corrected chi connectivity index (χ0v) is 25.8. The quantitative estimate of drug-likeness (QED) is 0.175. The highest BCUT2D eigenvalue weighted by molar-refractivity contribution is 5.90. The van der Waals surface area contributed by atoms with Gasteiger partial charge in [0.15, 0.2) is 0 Å². The second kappa shape index (κ2) is 18.5. The van der Waals surface area contributed by atoms with Crippen molar-refractivity contribution in [2.24, 2.45) is 4.99 Å². The summed E-state index contributed by atoms with van der Waals surface area (Å²) in [6.07, 6.45) is 8.89. The van der Waals surface area contributed by atoms with E-state index in [1.54, 1.807) is 6.08 Å². The number of nitrogens with zero attached hydrogens (tertiary/aromatic N) is 3. The lowest BCUT2D eigenvalue weighted by atomic mass is 10.1. The van der Waals surface area contributed by atoms with Gasteiger partial charge in [0.05, 0.1) is 17.1 Å². The van der Waals surface area contributed by atoms with Crippen LogP contribution in [0.4, 0.5) is 0 Å². The number of aromatic nitrogens is 2. The van der Waals surface area contributed by atoms with Gasteiger partial charge >= 0.3 is 0 Å². The highest BCUT2D eigenvalue weighted by atomic mass is 15.0. The first kappa shape index (κ1) is 33.3.